The molecule has 1 fully saturated rings. The summed E-state index contributed by atoms with van der Waals surface area (Å²) in [5.41, 5.74) is 4.05. The minimum Gasteiger partial charge on any atom is -0.206 e. The zero-order chi connectivity index (χ0) is 18.8. The summed E-state index contributed by atoms with van der Waals surface area (Å²) in [7, 11) is 0. The number of halogens is 1. The van der Waals surface area contributed by atoms with Crippen molar-refractivity contribution in [2.24, 2.45) is 5.92 Å². The molecule has 0 aromatic heterocycles. The normalized spacial score (nSPS) is 19.9. The Hall–Kier alpha value is -2.41. The number of rotatable bonds is 4. The molecule has 0 radical (unpaired) electrons. The van der Waals surface area contributed by atoms with E-state index in [9.17, 15) is 0 Å². The first-order chi connectivity index (χ1) is 13.2. The fourth-order valence-electron chi connectivity index (χ4n) is 4.50. The van der Waals surface area contributed by atoms with E-state index in [1.54, 1.807) is 6.08 Å². The monoisotopic (exact) mass is 358 g/mol. The molecule has 0 N–H and O–H groups in total. The predicted molar refractivity (Wildman–Crippen MR) is 114 cm³/mol. The lowest BCUT2D eigenvalue weighted by Crippen LogP contribution is -2.12. The van der Waals surface area contributed by atoms with Gasteiger partial charge in [0.15, 0.2) is 0 Å². The van der Waals surface area contributed by atoms with Crippen LogP contribution < -0.4 is 0 Å². The fraction of sp³-hybridized carbons (Fsp3) is 0.308. The molecule has 1 saturated carbocycles. The van der Waals surface area contributed by atoms with Gasteiger partial charge >= 0.3 is 0 Å². The van der Waals surface area contributed by atoms with Gasteiger partial charge in [-0.15, -0.1) is 0 Å². The van der Waals surface area contributed by atoms with Crippen LogP contribution in [-0.2, 0) is 0 Å². The Balaban J connectivity index is 1.60. The zero-order valence-electron chi connectivity index (χ0n) is 16.0. The standard InChI is InChI=1S/C26H27F/c1-3-18-5-8-20(9-6-18)21-10-12-22(13-11-21)24-16-14-23-17-19(4-2)7-15-25(23)26(24)27/h4,7,10-18,20H,2-3,5-6,8-9H2,1H3. The van der Waals surface area contributed by atoms with Gasteiger partial charge in [-0.25, -0.2) is 4.39 Å². The van der Waals surface area contributed by atoms with Gasteiger partial charge in [-0.05, 0) is 65.7 Å². The molecule has 1 aliphatic rings. The first kappa shape index (κ1) is 18.0. The van der Waals surface area contributed by atoms with Crippen molar-refractivity contribution in [1.29, 1.82) is 0 Å². The average molecular weight is 359 g/mol. The van der Waals surface area contributed by atoms with Crippen molar-refractivity contribution in [1.82, 2.24) is 0 Å². The minimum atomic E-state index is -0.140. The van der Waals surface area contributed by atoms with Crippen molar-refractivity contribution >= 4 is 16.8 Å². The van der Waals surface area contributed by atoms with Gasteiger partial charge in [0.2, 0.25) is 0 Å². The van der Waals surface area contributed by atoms with Gasteiger partial charge in [0.25, 0.3) is 0 Å². The number of fused-ring (bicyclic) bond motifs is 1. The second-order valence-corrected chi connectivity index (χ2v) is 7.86. The summed E-state index contributed by atoms with van der Waals surface area (Å²) in [5.74, 6) is 1.44. The molecule has 3 aromatic carbocycles. The van der Waals surface area contributed by atoms with Crippen LogP contribution in [0.5, 0.6) is 0 Å². The quantitative estimate of drug-likeness (QED) is 0.443. The lowest BCUT2D eigenvalue weighted by Gasteiger charge is -2.28. The van der Waals surface area contributed by atoms with Gasteiger partial charge in [-0.1, -0.05) is 74.5 Å². The summed E-state index contributed by atoms with van der Waals surface area (Å²) >= 11 is 0. The van der Waals surface area contributed by atoms with E-state index in [1.807, 2.05) is 30.3 Å². The van der Waals surface area contributed by atoms with Crippen LogP contribution in [0.4, 0.5) is 4.39 Å². The molecule has 1 heteroatoms. The van der Waals surface area contributed by atoms with E-state index in [0.29, 0.717) is 16.9 Å². The molecule has 0 saturated heterocycles. The molecule has 0 spiro atoms. The topological polar surface area (TPSA) is 0 Å². The molecule has 0 unspecified atom stereocenters. The van der Waals surface area contributed by atoms with E-state index in [4.69, 9.17) is 0 Å². The molecule has 0 bridgehead atoms. The summed E-state index contributed by atoms with van der Waals surface area (Å²) in [6.07, 6.45) is 8.35. The Morgan fingerprint density at radius 3 is 2.37 bits per heavy atom. The van der Waals surface area contributed by atoms with Crippen LogP contribution in [0, 0.1) is 11.7 Å². The third-order valence-corrected chi connectivity index (χ3v) is 6.33. The summed E-state index contributed by atoms with van der Waals surface area (Å²) in [5, 5.41) is 1.58. The van der Waals surface area contributed by atoms with Crippen molar-refractivity contribution in [2.75, 3.05) is 0 Å². The lowest BCUT2D eigenvalue weighted by atomic mass is 9.77. The maximum absolute atomic E-state index is 15.1. The Morgan fingerprint density at radius 1 is 0.963 bits per heavy atom. The Morgan fingerprint density at radius 2 is 1.70 bits per heavy atom. The van der Waals surface area contributed by atoms with Crippen LogP contribution in [0.3, 0.4) is 0 Å². The van der Waals surface area contributed by atoms with Crippen LogP contribution >= 0.6 is 0 Å². The minimum absolute atomic E-state index is 0.140. The van der Waals surface area contributed by atoms with Gasteiger partial charge in [0.05, 0.1) is 0 Å². The third kappa shape index (κ3) is 3.56. The summed E-state index contributed by atoms with van der Waals surface area (Å²) in [6.45, 7) is 6.09. The van der Waals surface area contributed by atoms with E-state index in [2.05, 4.69) is 37.8 Å². The highest BCUT2D eigenvalue weighted by molar-refractivity contribution is 5.89. The van der Waals surface area contributed by atoms with E-state index >= 15 is 4.39 Å². The maximum Gasteiger partial charge on any atom is 0.138 e. The highest BCUT2D eigenvalue weighted by Gasteiger charge is 2.21. The van der Waals surface area contributed by atoms with Crippen molar-refractivity contribution in [3.63, 3.8) is 0 Å². The first-order valence-electron chi connectivity index (χ1n) is 10.1. The summed E-state index contributed by atoms with van der Waals surface area (Å²) in [4.78, 5) is 0. The van der Waals surface area contributed by atoms with Crippen LogP contribution in [0.25, 0.3) is 28.0 Å². The first-order valence-corrected chi connectivity index (χ1v) is 10.1. The van der Waals surface area contributed by atoms with Crippen LogP contribution in [0.1, 0.15) is 56.1 Å². The van der Waals surface area contributed by atoms with Crippen molar-refractivity contribution in [2.45, 2.75) is 44.9 Å². The fourth-order valence-corrected chi connectivity index (χ4v) is 4.50. The Labute approximate surface area is 161 Å². The van der Waals surface area contributed by atoms with E-state index in [0.717, 1.165) is 22.4 Å². The van der Waals surface area contributed by atoms with Gasteiger partial charge < -0.3 is 0 Å². The number of benzene rings is 3. The molecular weight excluding hydrogens is 331 g/mol. The average Bonchev–Trinajstić information content (AvgIpc) is 2.74. The maximum atomic E-state index is 15.1. The van der Waals surface area contributed by atoms with Crippen molar-refractivity contribution in [3.8, 4) is 11.1 Å². The second-order valence-electron chi connectivity index (χ2n) is 7.86. The lowest BCUT2D eigenvalue weighted by molar-refractivity contribution is 0.319. The summed E-state index contributed by atoms with van der Waals surface area (Å²) in [6, 6.07) is 18.2. The van der Waals surface area contributed by atoms with Crippen molar-refractivity contribution < 1.29 is 4.39 Å². The van der Waals surface area contributed by atoms with Crippen LogP contribution in [0.2, 0.25) is 0 Å². The molecule has 3 aromatic rings. The van der Waals surface area contributed by atoms with Crippen molar-refractivity contribution in [3.05, 3.63) is 78.1 Å². The highest BCUT2D eigenvalue weighted by atomic mass is 19.1. The molecule has 0 heterocycles. The largest absolute Gasteiger partial charge is 0.206 e. The Kier molecular flexibility index (Phi) is 5.11. The predicted octanol–water partition coefficient (Wildman–Crippen LogP) is 7.97. The van der Waals surface area contributed by atoms with Gasteiger partial charge in [-0.2, -0.15) is 0 Å². The van der Waals surface area contributed by atoms with Crippen LogP contribution in [0.15, 0.2) is 61.2 Å². The third-order valence-electron chi connectivity index (χ3n) is 6.33. The molecule has 0 aliphatic heterocycles. The molecule has 0 nitrogen and oxygen atoms in total. The van der Waals surface area contributed by atoms with E-state index in [1.165, 1.54) is 37.7 Å². The van der Waals surface area contributed by atoms with Gasteiger partial charge in [-0.3, -0.25) is 0 Å². The second kappa shape index (κ2) is 7.68. The van der Waals surface area contributed by atoms with Crippen LogP contribution in [-0.4, -0.2) is 0 Å². The van der Waals surface area contributed by atoms with Gasteiger partial charge in [0, 0.05) is 10.9 Å². The van der Waals surface area contributed by atoms with E-state index in [-0.39, 0.29) is 5.82 Å². The highest BCUT2D eigenvalue weighted by Crippen LogP contribution is 2.38. The molecule has 1 aliphatic carbocycles. The Bertz CT molecular complexity index is 944. The van der Waals surface area contributed by atoms with E-state index < -0.39 is 0 Å². The number of hydrogen-bond donors (Lipinski definition) is 0. The molecule has 0 atom stereocenters. The molecule has 27 heavy (non-hydrogen) atoms. The smallest absolute Gasteiger partial charge is 0.138 e. The zero-order valence-corrected chi connectivity index (χ0v) is 16.0. The molecule has 138 valence electrons. The summed E-state index contributed by atoms with van der Waals surface area (Å²) < 4.78 is 15.1. The molecule has 4 rings (SSSR count). The van der Waals surface area contributed by atoms with Gasteiger partial charge in [0.1, 0.15) is 5.82 Å². The molecular formula is C26H27F. The SMILES string of the molecule is C=Cc1ccc2c(F)c(-c3ccc(C4CCC(CC)CC4)cc3)ccc2c1. The number of hydrogen-bond acceptors (Lipinski definition) is 0. The molecule has 0 amide bonds.